The van der Waals surface area contributed by atoms with E-state index in [2.05, 4.69) is 9.88 Å². The van der Waals surface area contributed by atoms with E-state index in [0.29, 0.717) is 49.3 Å². The first-order chi connectivity index (χ1) is 19.4. The number of aromatic nitrogens is 3. The molecule has 3 heterocycles. The molecule has 208 valence electrons. The van der Waals surface area contributed by atoms with E-state index in [-0.39, 0.29) is 23.4 Å². The molecule has 0 unspecified atom stereocenters. The maximum absolute atomic E-state index is 14.1. The van der Waals surface area contributed by atoms with Gasteiger partial charge in [0.1, 0.15) is 5.75 Å². The number of fused-ring (bicyclic) bond motifs is 1. The molecule has 2 aliphatic rings. The number of morpholine rings is 1. The summed E-state index contributed by atoms with van der Waals surface area (Å²) in [5.74, 6) is 0.234. The number of nitrogens with zero attached hydrogens (tertiary/aromatic N) is 4. The van der Waals surface area contributed by atoms with Gasteiger partial charge in [-0.05, 0) is 73.6 Å². The predicted octanol–water partition coefficient (Wildman–Crippen LogP) is 3.50. The van der Waals surface area contributed by atoms with Crippen LogP contribution in [0.25, 0.3) is 27.8 Å². The molecule has 6 rings (SSSR count). The maximum atomic E-state index is 14.1. The van der Waals surface area contributed by atoms with Gasteiger partial charge in [0.05, 0.1) is 24.3 Å². The third-order valence-corrected chi connectivity index (χ3v) is 8.22. The second-order valence-electron chi connectivity index (χ2n) is 11.0. The summed E-state index contributed by atoms with van der Waals surface area (Å²) in [7, 11) is 0. The first kappa shape index (κ1) is 26.4. The molecule has 9 nitrogen and oxygen atoms in total. The maximum Gasteiger partial charge on any atom is 0.337 e. The van der Waals surface area contributed by atoms with Gasteiger partial charge in [-0.25, -0.2) is 14.3 Å². The Balaban J connectivity index is 1.50. The van der Waals surface area contributed by atoms with Crippen molar-refractivity contribution in [3.8, 4) is 22.6 Å². The summed E-state index contributed by atoms with van der Waals surface area (Å²) >= 11 is 0. The van der Waals surface area contributed by atoms with E-state index in [1.807, 2.05) is 49.4 Å². The Labute approximate surface area is 232 Å². The SMILES string of the molecule is Cc1cnc2c(c1)c(=O)n(C1CCC(N)CC1)c(=O)n2-c1cccc(-c2cccc(O)c2CN2CCOCC2)c1. The zero-order valence-corrected chi connectivity index (χ0v) is 22.8. The van der Waals surface area contributed by atoms with Crippen LogP contribution in [0.3, 0.4) is 0 Å². The third-order valence-electron chi connectivity index (χ3n) is 8.22. The number of pyridine rings is 1. The van der Waals surface area contributed by atoms with E-state index in [1.165, 1.54) is 4.57 Å². The van der Waals surface area contributed by atoms with Gasteiger partial charge in [-0.1, -0.05) is 24.3 Å². The number of ether oxygens (including phenoxy) is 1. The lowest BCUT2D eigenvalue weighted by molar-refractivity contribution is 0.0339. The average molecular weight is 542 g/mol. The molecule has 40 heavy (non-hydrogen) atoms. The van der Waals surface area contributed by atoms with Crippen LogP contribution in [-0.2, 0) is 11.3 Å². The van der Waals surface area contributed by atoms with Crippen LogP contribution in [0.2, 0.25) is 0 Å². The first-order valence-electron chi connectivity index (χ1n) is 14.0. The molecule has 0 amide bonds. The van der Waals surface area contributed by atoms with Crippen molar-refractivity contribution in [2.75, 3.05) is 26.3 Å². The van der Waals surface area contributed by atoms with Crippen molar-refractivity contribution in [2.24, 2.45) is 5.73 Å². The Bertz CT molecular complexity index is 1660. The van der Waals surface area contributed by atoms with Crippen LogP contribution in [0.5, 0.6) is 5.75 Å². The van der Waals surface area contributed by atoms with Crippen LogP contribution < -0.4 is 17.0 Å². The molecule has 0 bridgehead atoms. The smallest absolute Gasteiger partial charge is 0.337 e. The van der Waals surface area contributed by atoms with E-state index in [1.54, 1.807) is 16.8 Å². The van der Waals surface area contributed by atoms with Gasteiger partial charge in [0.2, 0.25) is 0 Å². The van der Waals surface area contributed by atoms with Crippen LogP contribution in [0.4, 0.5) is 0 Å². The van der Waals surface area contributed by atoms with Gasteiger partial charge in [0.25, 0.3) is 5.56 Å². The number of nitrogens with two attached hydrogens (primary N) is 1. The Morgan fingerprint density at radius 1 is 1.02 bits per heavy atom. The second kappa shape index (κ2) is 11.0. The summed E-state index contributed by atoms with van der Waals surface area (Å²) in [6.45, 7) is 5.42. The van der Waals surface area contributed by atoms with Crippen LogP contribution in [0.15, 0.2) is 64.3 Å². The first-order valence-corrected chi connectivity index (χ1v) is 14.0. The molecular weight excluding hydrogens is 506 g/mol. The lowest BCUT2D eigenvalue weighted by atomic mass is 9.91. The van der Waals surface area contributed by atoms with Crippen LogP contribution >= 0.6 is 0 Å². The second-order valence-corrected chi connectivity index (χ2v) is 11.0. The molecule has 1 saturated heterocycles. The zero-order valence-electron chi connectivity index (χ0n) is 22.8. The minimum Gasteiger partial charge on any atom is -0.508 e. The molecular formula is C31H35N5O4. The van der Waals surface area contributed by atoms with Gasteiger partial charge in [-0.15, -0.1) is 0 Å². The molecule has 9 heteroatoms. The number of aryl methyl sites for hydroxylation is 1. The van der Waals surface area contributed by atoms with Crippen molar-refractivity contribution in [3.05, 3.63) is 86.7 Å². The fourth-order valence-corrected chi connectivity index (χ4v) is 6.03. The summed E-state index contributed by atoms with van der Waals surface area (Å²) in [4.78, 5) is 34.6. The van der Waals surface area contributed by atoms with Gasteiger partial charge in [0, 0.05) is 43.5 Å². The lowest BCUT2D eigenvalue weighted by Gasteiger charge is -2.28. The Hall–Kier alpha value is -3.79. The van der Waals surface area contributed by atoms with Crippen LogP contribution in [0, 0.1) is 6.92 Å². The number of aromatic hydroxyl groups is 1. The summed E-state index contributed by atoms with van der Waals surface area (Å²) in [5, 5.41) is 11.3. The topological polar surface area (TPSA) is 116 Å². The van der Waals surface area contributed by atoms with Crippen molar-refractivity contribution in [2.45, 2.75) is 51.2 Å². The quantitative estimate of drug-likeness (QED) is 0.397. The van der Waals surface area contributed by atoms with Gasteiger partial charge < -0.3 is 15.6 Å². The van der Waals surface area contributed by atoms with E-state index in [4.69, 9.17) is 10.5 Å². The largest absolute Gasteiger partial charge is 0.508 e. The Kier molecular flexibility index (Phi) is 7.27. The predicted molar refractivity (Wildman–Crippen MR) is 155 cm³/mol. The van der Waals surface area contributed by atoms with E-state index in [9.17, 15) is 14.7 Å². The summed E-state index contributed by atoms with van der Waals surface area (Å²) in [6, 6.07) is 14.9. The van der Waals surface area contributed by atoms with Crippen molar-refractivity contribution < 1.29 is 9.84 Å². The van der Waals surface area contributed by atoms with Gasteiger partial charge in [-0.2, -0.15) is 0 Å². The van der Waals surface area contributed by atoms with Crippen molar-refractivity contribution in [1.82, 2.24) is 19.0 Å². The summed E-state index contributed by atoms with van der Waals surface area (Å²) in [6.07, 6.45) is 4.62. The van der Waals surface area contributed by atoms with Crippen LogP contribution in [0.1, 0.15) is 42.9 Å². The number of hydrogen-bond acceptors (Lipinski definition) is 7. The monoisotopic (exact) mass is 541 g/mol. The minimum atomic E-state index is -0.393. The molecule has 2 fully saturated rings. The molecule has 3 N–H and O–H groups in total. The third kappa shape index (κ3) is 4.96. The normalized spacial score (nSPS) is 20.1. The average Bonchev–Trinajstić information content (AvgIpc) is 2.96. The van der Waals surface area contributed by atoms with Crippen molar-refractivity contribution in [3.63, 3.8) is 0 Å². The van der Waals surface area contributed by atoms with Gasteiger partial charge in [0.15, 0.2) is 5.65 Å². The molecule has 2 aromatic heterocycles. The van der Waals surface area contributed by atoms with Crippen molar-refractivity contribution >= 4 is 11.0 Å². The fourth-order valence-electron chi connectivity index (χ4n) is 6.03. The highest BCUT2D eigenvalue weighted by atomic mass is 16.5. The van der Waals surface area contributed by atoms with Gasteiger partial charge in [-0.3, -0.25) is 14.3 Å². The number of phenols is 1. The van der Waals surface area contributed by atoms with Crippen molar-refractivity contribution in [1.29, 1.82) is 0 Å². The summed E-state index contributed by atoms with van der Waals surface area (Å²) in [5.41, 5.74) is 9.83. The molecule has 0 atom stereocenters. The molecule has 2 aromatic carbocycles. The van der Waals surface area contributed by atoms with E-state index < -0.39 is 5.69 Å². The molecule has 4 aromatic rings. The number of phenolic OH excluding ortho intramolecular Hbond substituents is 1. The van der Waals surface area contributed by atoms with Crippen LogP contribution in [-0.4, -0.2) is 56.5 Å². The van der Waals surface area contributed by atoms with E-state index in [0.717, 1.165) is 48.2 Å². The molecule has 1 aliphatic heterocycles. The fraction of sp³-hybridized carbons (Fsp3) is 0.387. The Morgan fingerprint density at radius 3 is 2.55 bits per heavy atom. The Morgan fingerprint density at radius 2 is 1.77 bits per heavy atom. The molecule has 0 spiro atoms. The van der Waals surface area contributed by atoms with E-state index >= 15 is 0 Å². The minimum absolute atomic E-state index is 0.101. The lowest BCUT2D eigenvalue weighted by Crippen LogP contribution is -2.44. The number of rotatable bonds is 5. The summed E-state index contributed by atoms with van der Waals surface area (Å²) < 4.78 is 8.47. The molecule has 1 aliphatic carbocycles. The zero-order chi connectivity index (χ0) is 27.8. The standard InChI is InChI=1S/C31H35N5O4/c1-20-16-26-29(33-18-20)35(31(39)36(30(26)38)23-10-8-22(32)9-11-23)24-5-2-4-21(17-24)25-6-3-7-28(37)27(25)19-34-12-14-40-15-13-34/h2-7,16-18,22-23,37H,8-15,19,32H2,1H3. The molecule has 1 saturated carbocycles. The highest BCUT2D eigenvalue weighted by Gasteiger charge is 2.26. The number of hydrogen-bond donors (Lipinski definition) is 2. The number of benzene rings is 2. The highest BCUT2D eigenvalue weighted by molar-refractivity contribution is 5.78. The van der Waals surface area contributed by atoms with Gasteiger partial charge >= 0.3 is 5.69 Å². The highest BCUT2D eigenvalue weighted by Crippen LogP contribution is 2.33. The molecule has 0 radical (unpaired) electrons.